The highest BCUT2D eigenvalue weighted by molar-refractivity contribution is 8.00. The Labute approximate surface area is 114 Å². The second-order valence-electron chi connectivity index (χ2n) is 4.54. The van der Waals surface area contributed by atoms with Crippen LogP contribution in [-0.2, 0) is 4.74 Å². The van der Waals surface area contributed by atoms with Crippen LogP contribution in [0.15, 0.2) is 29.2 Å². The maximum atomic E-state index is 12.2. The molecule has 1 saturated heterocycles. The minimum atomic E-state index is -4.28. The molecule has 1 N–H and O–H groups in total. The SMILES string of the molecule is OC(c1ccc(SC(F)(F)F)cc1)C1CCCOC1. The third-order valence-electron chi connectivity index (χ3n) is 3.10. The summed E-state index contributed by atoms with van der Waals surface area (Å²) in [5, 5.41) is 10.2. The molecule has 1 heterocycles. The number of aliphatic hydroxyl groups excluding tert-OH is 1. The van der Waals surface area contributed by atoms with Crippen molar-refractivity contribution >= 4 is 11.8 Å². The van der Waals surface area contributed by atoms with Gasteiger partial charge in [0.05, 0.1) is 12.7 Å². The average molecular weight is 292 g/mol. The van der Waals surface area contributed by atoms with Gasteiger partial charge in [-0.2, -0.15) is 13.2 Å². The van der Waals surface area contributed by atoms with E-state index in [9.17, 15) is 18.3 Å². The Morgan fingerprint density at radius 3 is 2.47 bits per heavy atom. The summed E-state index contributed by atoms with van der Waals surface area (Å²) < 4.78 is 41.9. The van der Waals surface area contributed by atoms with Crippen LogP contribution in [0, 0.1) is 5.92 Å². The lowest BCUT2D eigenvalue weighted by molar-refractivity contribution is -0.0328. The minimum Gasteiger partial charge on any atom is -0.388 e. The summed E-state index contributed by atoms with van der Waals surface area (Å²) in [4.78, 5) is 0.128. The molecule has 1 aromatic rings. The van der Waals surface area contributed by atoms with Crippen LogP contribution >= 0.6 is 11.8 Å². The molecule has 19 heavy (non-hydrogen) atoms. The Morgan fingerprint density at radius 1 is 1.26 bits per heavy atom. The van der Waals surface area contributed by atoms with Gasteiger partial charge in [-0.05, 0) is 42.3 Å². The Hall–Kier alpha value is -0.720. The lowest BCUT2D eigenvalue weighted by atomic mass is 9.91. The number of halogens is 3. The van der Waals surface area contributed by atoms with E-state index in [1.807, 2.05) is 0 Å². The molecule has 0 bridgehead atoms. The van der Waals surface area contributed by atoms with E-state index in [2.05, 4.69) is 0 Å². The predicted octanol–water partition coefficient (Wildman–Crippen LogP) is 3.76. The molecule has 0 saturated carbocycles. The van der Waals surface area contributed by atoms with Gasteiger partial charge in [-0.3, -0.25) is 0 Å². The van der Waals surface area contributed by atoms with E-state index in [-0.39, 0.29) is 22.6 Å². The Morgan fingerprint density at radius 2 is 1.95 bits per heavy atom. The highest BCUT2D eigenvalue weighted by Gasteiger charge is 2.29. The minimum absolute atomic E-state index is 0.0230. The molecule has 6 heteroatoms. The van der Waals surface area contributed by atoms with Gasteiger partial charge in [-0.15, -0.1) is 0 Å². The summed E-state index contributed by atoms with van der Waals surface area (Å²) in [7, 11) is 0. The Bertz CT molecular complexity index is 399. The molecule has 0 aromatic heterocycles. The summed E-state index contributed by atoms with van der Waals surface area (Å²) in [5.41, 5.74) is -3.64. The van der Waals surface area contributed by atoms with Crippen molar-refractivity contribution < 1.29 is 23.0 Å². The van der Waals surface area contributed by atoms with E-state index in [0.29, 0.717) is 18.8 Å². The molecule has 106 valence electrons. The van der Waals surface area contributed by atoms with Gasteiger partial charge in [-0.1, -0.05) is 12.1 Å². The van der Waals surface area contributed by atoms with E-state index in [1.54, 1.807) is 12.1 Å². The number of ether oxygens (including phenoxy) is 1. The molecule has 1 aliphatic rings. The lowest BCUT2D eigenvalue weighted by Gasteiger charge is -2.27. The van der Waals surface area contributed by atoms with Crippen molar-refractivity contribution in [3.05, 3.63) is 29.8 Å². The van der Waals surface area contributed by atoms with Gasteiger partial charge >= 0.3 is 5.51 Å². The molecule has 0 spiro atoms. The van der Waals surface area contributed by atoms with Crippen LogP contribution < -0.4 is 0 Å². The first kappa shape index (κ1) is 14.7. The van der Waals surface area contributed by atoms with Crippen LogP contribution in [0.4, 0.5) is 13.2 Å². The maximum Gasteiger partial charge on any atom is 0.446 e. The number of hydrogen-bond acceptors (Lipinski definition) is 3. The van der Waals surface area contributed by atoms with Gasteiger partial charge in [0, 0.05) is 17.4 Å². The van der Waals surface area contributed by atoms with Crippen molar-refractivity contribution in [2.75, 3.05) is 13.2 Å². The molecule has 2 nitrogen and oxygen atoms in total. The quantitative estimate of drug-likeness (QED) is 0.860. The highest BCUT2D eigenvalue weighted by Crippen LogP contribution is 2.37. The molecule has 2 atom stereocenters. The van der Waals surface area contributed by atoms with Gasteiger partial charge in [0.25, 0.3) is 0 Å². The van der Waals surface area contributed by atoms with Crippen molar-refractivity contribution in [3.8, 4) is 0 Å². The first-order chi connectivity index (χ1) is 8.96. The van der Waals surface area contributed by atoms with Crippen LogP contribution in [0.25, 0.3) is 0 Å². The Balaban J connectivity index is 2.01. The van der Waals surface area contributed by atoms with E-state index in [4.69, 9.17) is 4.74 Å². The highest BCUT2D eigenvalue weighted by atomic mass is 32.2. The van der Waals surface area contributed by atoms with Crippen molar-refractivity contribution in [1.82, 2.24) is 0 Å². The number of thioether (sulfide) groups is 1. The smallest absolute Gasteiger partial charge is 0.388 e. The average Bonchev–Trinajstić information content (AvgIpc) is 2.38. The third-order valence-corrected chi connectivity index (χ3v) is 3.84. The second kappa shape index (κ2) is 6.15. The molecule has 2 unspecified atom stereocenters. The van der Waals surface area contributed by atoms with Crippen LogP contribution in [0.1, 0.15) is 24.5 Å². The number of hydrogen-bond donors (Lipinski definition) is 1. The molecule has 2 rings (SSSR count). The van der Waals surface area contributed by atoms with Gasteiger partial charge in [0.1, 0.15) is 0 Å². The fourth-order valence-corrected chi connectivity index (χ4v) is 2.69. The number of alkyl halides is 3. The first-order valence-corrected chi connectivity index (χ1v) is 6.89. The number of benzene rings is 1. The van der Waals surface area contributed by atoms with Crippen LogP contribution in [0.2, 0.25) is 0 Å². The Kier molecular flexibility index (Phi) is 4.76. The second-order valence-corrected chi connectivity index (χ2v) is 5.68. The molecule has 1 aliphatic heterocycles. The zero-order valence-corrected chi connectivity index (χ0v) is 11.0. The predicted molar refractivity (Wildman–Crippen MR) is 66.9 cm³/mol. The topological polar surface area (TPSA) is 29.5 Å². The summed E-state index contributed by atoms with van der Waals surface area (Å²) in [5.74, 6) is 0.0230. The van der Waals surface area contributed by atoms with E-state index in [1.165, 1.54) is 12.1 Å². The number of rotatable bonds is 3. The van der Waals surface area contributed by atoms with E-state index >= 15 is 0 Å². The molecular formula is C13H15F3O2S. The number of aliphatic hydroxyl groups is 1. The summed E-state index contributed by atoms with van der Waals surface area (Å²) in [6.07, 6.45) is 1.11. The maximum absolute atomic E-state index is 12.2. The zero-order chi connectivity index (χ0) is 13.9. The normalized spacial score (nSPS) is 22.2. The summed E-state index contributed by atoms with van der Waals surface area (Å²) in [6, 6.07) is 5.88. The summed E-state index contributed by atoms with van der Waals surface area (Å²) >= 11 is -0.150. The largest absolute Gasteiger partial charge is 0.446 e. The molecule has 1 fully saturated rings. The molecule has 0 radical (unpaired) electrons. The standard InChI is InChI=1S/C13H15F3O2S/c14-13(15,16)19-11-5-3-9(4-6-11)12(17)10-2-1-7-18-8-10/h3-6,10,12,17H,1-2,7-8H2. The first-order valence-electron chi connectivity index (χ1n) is 6.07. The van der Waals surface area contributed by atoms with Gasteiger partial charge in [0.2, 0.25) is 0 Å². The van der Waals surface area contributed by atoms with E-state index in [0.717, 1.165) is 12.8 Å². The van der Waals surface area contributed by atoms with Crippen molar-refractivity contribution in [1.29, 1.82) is 0 Å². The van der Waals surface area contributed by atoms with Gasteiger partial charge in [-0.25, -0.2) is 0 Å². The fraction of sp³-hybridized carbons (Fsp3) is 0.538. The molecular weight excluding hydrogens is 277 g/mol. The molecule has 0 amide bonds. The van der Waals surface area contributed by atoms with Gasteiger partial charge < -0.3 is 9.84 Å². The van der Waals surface area contributed by atoms with Crippen molar-refractivity contribution in [3.63, 3.8) is 0 Å². The third kappa shape index (κ3) is 4.40. The van der Waals surface area contributed by atoms with Crippen LogP contribution in [0.3, 0.4) is 0 Å². The van der Waals surface area contributed by atoms with Crippen molar-refractivity contribution in [2.45, 2.75) is 29.3 Å². The fourth-order valence-electron chi connectivity index (χ4n) is 2.15. The molecule has 1 aromatic carbocycles. The van der Waals surface area contributed by atoms with Crippen molar-refractivity contribution in [2.24, 2.45) is 5.92 Å². The lowest BCUT2D eigenvalue weighted by Crippen LogP contribution is -2.23. The van der Waals surface area contributed by atoms with E-state index < -0.39 is 11.6 Å². The van der Waals surface area contributed by atoms with Gasteiger partial charge in [0.15, 0.2) is 0 Å². The van der Waals surface area contributed by atoms with Crippen LogP contribution in [0.5, 0.6) is 0 Å². The molecule has 0 aliphatic carbocycles. The zero-order valence-electron chi connectivity index (χ0n) is 10.2. The summed E-state index contributed by atoms with van der Waals surface area (Å²) in [6.45, 7) is 1.21. The van der Waals surface area contributed by atoms with Crippen LogP contribution in [-0.4, -0.2) is 23.8 Å². The monoisotopic (exact) mass is 292 g/mol.